The van der Waals surface area contributed by atoms with Gasteiger partial charge in [0.05, 0.1) is 5.54 Å². The van der Waals surface area contributed by atoms with E-state index in [9.17, 15) is 9.90 Å². The molecule has 2 atom stereocenters. The minimum atomic E-state index is -0.584. The van der Waals surface area contributed by atoms with Crippen LogP contribution in [0.25, 0.3) is 11.4 Å². The molecule has 5 rings (SSSR count). The molecule has 200 valence electrons. The normalized spacial score (nSPS) is 21.4. The molecule has 2 aliphatic heterocycles. The van der Waals surface area contributed by atoms with Gasteiger partial charge >= 0.3 is 0 Å². The van der Waals surface area contributed by atoms with Crippen LogP contribution >= 0.6 is 0 Å². The summed E-state index contributed by atoms with van der Waals surface area (Å²) in [5.41, 5.74) is 3.05. The highest BCUT2D eigenvalue weighted by atomic mass is 16.5. The lowest BCUT2D eigenvalue weighted by Crippen LogP contribution is -2.56. The van der Waals surface area contributed by atoms with Crippen molar-refractivity contribution < 1.29 is 19.4 Å². The second-order valence-electron chi connectivity index (χ2n) is 10.7. The van der Waals surface area contributed by atoms with Crippen molar-refractivity contribution in [2.75, 3.05) is 57.9 Å². The third kappa shape index (κ3) is 5.73. The van der Waals surface area contributed by atoms with Crippen molar-refractivity contribution in [2.45, 2.75) is 51.2 Å². The molecule has 1 aromatic heterocycles. The number of rotatable bonds is 9. The summed E-state index contributed by atoms with van der Waals surface area (Å²) in [4.78, 5) is 26.7. The first-order valence-corrected chi connectivity index (χ1v) is 13.4. The number of hydrogen-bond donors (Lipinski definition) is 2. The third-order valence-corrected chi connectivity index (χ3v) is 7.88. The summed E-state index contributed by atoms with van der Waals surface area (Å²) in [5, 5.41) is 13.0. The van der Waals surface area contributed by atoms with Gasteiger partial charge in [-0.05, 0) is 57.7 Å². The lowest BCUT2D eigenvalue weighted by molar-refractivity contribution is -0.129. The molecule has 1 spiro atoms. The molecular weight excluding hydrogens is 470 g/mol. The molecular formula is C28H39N5O4. The molecule has 1 aromatic carbocycles. The maximum absolute atomic E-state index is 12.1. The second-order valence-corrected chi connectivity index (χ2v) is 10.7. The van der Waals surface area contributed by atoms with E-state index in [0.29, 0.717) is 30.6 Å². The quantitative estimate of drug-likeness (QED) is 0.531. The largest absolute Gasteiger partial charge is 0.491 e. The Kier molecular flexibility index (Phi) is 7.65. The Morgan fingerprint density at radius 3 is 2.86 bits per heavy atom. The van der Waals surface area contributed by atoms with Crippen molar-refractivity contribution in [3.63, 3.8) is 0 Å². The molecule has 2 saturated heterocycles. The molecule has 3 fully saturated rings. The Balaban J connectivity index is 1.47. The molecule has 1 saturated carbocycles. The van der Waals surface area contributed by atoms with Gasteiger partial charge in [0.25, 0.3) is 0 Å². The maximum atomic E-state index is 12.1. The molecule has 0 bridgehead atoms. The molecule has 37 heavy (non-hydrogen) atoms. The Hall–Kier alpha value is -2.75. The summed E-state index contributed by atoms with van der Waals surface area (Å²) in [7, 11) is 1.80. The number of amides is 1. The van der Waals surface area contributed by atoms with Gasteiger partial charge in [-0.15, -0.1) is 0 Å². The van der Waals surface area contributed by atoms with Crippen molar-refractivity contribution in [1.29, 1.82) is 0 Å². The van der Waals surface area contributed by atoms with Crippen molar-refractivity contribution in [2.24, 2.45) is 5.92 Å². The standard InChI is InChI=1S/C28H39N5O4/c1-19-25(13-21-7-12-36-16-21)30-26(22-5-4-6-24(14-22)37-17-23(35)15-29-3)31-27(19)33-11-10-32(20(2)34)18-28(33)8-9-28/h4-6,14,21,23,29,35H,7-13,15-18H2,1-3H3/t21-,23?/m0/s1. The van der Waals surface area contributed by atoms with Crippen LogP contribution in [0, 0.1) is 12.8 Å². The second kappa shape index (κ2) is 10.9. The lowest BCUT2D eigenvalue weighted by Gasteiger charge is -2.43. The summed E-state index contributed by atoms with van der Waals surface area (Å²) in [6.45, 7) is 8.30. The predicted molar refractivity (Wildman–Crippen MR) is 142 cm³/mol. The number of nitrogens with one attached hydrogen (secondary N) is 1. The molecule has 2 N–H and O–H groups in total. The number of anilines is 1. The zero-order valence-corrected chi connectivity index (χ0v) is 22.2. The van der Waals surface area contributed by atoms with E-state index in [-0.39, 0.29) is 18.1 Å². The number of benzene rings is 1. The predicted octanol–water partition coefficient (Wildman–Crippen LogP) is 2.19. The van der Waals surface area contributed by atoms with Crippen LogP contribution in [-0.4, -0.2) is 90.6 Å². The number of ether oxygens (including phenoxy) is 2. The first kappa shape index (κ1) is 25.9. The first-order chi connectivity index (χ1) is 17.9. The minimum Gasteiger partial charge on any atom is -0.491 e. The van der Waals surface area contributed by atoms with Gasteiger partial charge in [-0.2, -0.15) is 0 Å². The fraction of sp³-hybridized carbons (Fsp3) is 0.607. The molecule has 1 aliphatic carbocycles. The zero-order valence-electron chi connectivity index (χ0n) is 22.2. The van der Waals surface area contributed by atoms with Gasteiger partial charge in [-0.3, -0.25) is 4.79 Å². The summed E-state index contributed by atoms with van der Waals surface area (Å²) in [6.07, 6.45) is 3.47. The molecule has 9 heteroatoms. The number of carbonyl (C=O) groups excluding carboxylic acids is 1. The van der Waals surface area contributed by atoms with E-state index in [0.717, 1.165) is 74.6 Å². The van der Waals surface area contributed by atoms with Gasteiger partial charge in [0.15, 0.2) is 5.82 Å². The fourth-order valence-corrected chi connectivity index (χ4v) is 5.52. The first-order valence-electron chi connectivity index (χ1n) is 13.4. The summed E-state index contributed by atoms with van der Waals surface area (Å²) < 4.78 is 11.5. The van der Waals surface area contributed by atoms with Gasteiger partial charge in [0.2, 0.25) is 5.91 Å². The number of nitrogens with zero attached hydrogens (tertiary/aromatic N) is 4. The van der Waals surface area contributed by atoms with Crippen LogP contribution in [0.2, 0.25) is 0 Å². The Labute approximate surface area is 219 Å². The molecule has 3 heterocycles. The van der Waals surface area contributed by atoms with Crippen LogP contribution < -0.4 is 15.0 Å². The van der Waals surface area contributed by atoms with E-state index in [4.69, 9.17) is 19.4 Å². The van der Waals surface area contributed by atoms with E-state index in [1.807, 2.05) is 29.2 Å². The SMILES string of the molecule is CNCC(O)COc1cccc(-c2nc(C[C@@H]3CCOC3)c(C)c(N3CCN(C(C)=O)CC34CC4)n2)c1. The van der Waals surface area contributed by atoms with Crippen molar-refractivity contribution in [3.05, 3.63) is 35.5 Å². The molecule has 9 nitrogen and oxygen atoms in total. The van der Waals surface area contributed by atoms with Gasteiger partial charge in [0.1, 0.15) is 24.3 Å². The van der Waals surface area contributed by atoms with Crippen LogP contribution in [0.4, 0.5) is 5.82 Å². The molecule has 1 amide bonds. The number of hydrogen-bond acceptors (Lipinski definition) is 8. The Bertz CT molecular complexity index is 1120. The summed E-state index contributed by atoms with van der Waals surface area (Å²) >= 11 is 0. The topological polar surface area (TPSA) is 100 Å². The molecule has 1 unspecified atom stereocenters. The molecule has 2 aromatic rings. The number of carbonyl (C=O) groups is 1. The van der Waals surface area contributed by atoms with Crippen LogP contribution in [0.5, 0.6) is 5.75 Å². The highest BCUT2D eigenvalue weighted by Gasteiger charge is 2.52. The Morgan fingerprint density at radius 2 is 2.16 bits per heavy atom. The average Bonchev–Trinajstić information content (AvgIpc) is 3.45. The average molecular weight is 510 g/mol. The van der Waals surface area contributed by atoms with Gasteiger partial charge in [0, 0.05) is 63.1 Å². The van der Waals surface area contributed by atoms with E-state index >= 15 is 0 Å². The van der Waals surface area contributed by atoms with Crippen LogP contribution in [0.15, 0.2) is 24.3 Å². The van der Waals surface area contributed by atoms with E-state index in [1.54, 1.807) is 14.0 Å². The van der Waals surface area contributed by atoms with E-state index < -0.39 is 6.10 Å². The van der Waals surface area contributed by atoms with Crippen LogP contribution in [-0.2, 0) is 16.0 Å². The van der Waals surface area contributed by atoms with E-state index in [2.05, 4.69) is 17.1 Å². The number of likely N-dealkylation sites (N-methyl/N-ethyl adjacent to an activating group) is 1. The lowest BCUT2D eigenvalue weighted by atomic mass is 9.99. The number of aromatic nitrogens is 2. The molecule has 3 aliphatic rings. The monoisotopic (exact) mass is 509 g/mol. The zero-order chi connectivity index (χ0) is 26.0. The fourth-order valence-electron chi connectivity index (χ4n) is 5.52. The van der Waals surface area contributed by atoms with Crippen molar-refractivity contribution in [3.8, 4) is 17.1 Å². The Morgan fingerprint density at radius 1 is 1.32 bits per heavy atom. The third-order valence-electron chi connectivity index (χ3n) is 7.88. The maximum Gasteiger partial charge on any atom is 0.219 e. The van der Waals surface area contributed by atoms with E-state index in [1.165, 1.54) is 0 Å². The van der Waals surface area contributed by atoms with Crippen molar-refractivity contribution >= 4 is 11.7 Å². The van der Waals surface area contributed by atoms with Gasteiger partial charge in [-0.25, -0.2) is 9.97 Å². The summed E-state index contributed by atoms with van der Waals surface area (Å²) in [5.74, 6) is 2.94. The number of aliphatic hydroxyl groups excluding tert-OH is 1. The van der Waals surface area contributed by atoms with Gasteiger partial charge < -0.3 is 29.7 Å². The number of piperazine rings is 1. The van der Waals surface area contributed by atoms with Crippen LogP contribution in [0.3, 0.4) is 0 Å². The number of aliphatic hydroxyl groups is 1. The minimum absolute atomic E-state index is 0.0253. The smallest absolute Gasteiger partial charge is 0.219 e. The van der Waals surface area contributed by atoms with Crippen molar-refractivity contribution in [1.82, 2.24) is 20.2 Å². The van der Waals surface area contributed by atoms with Gasteiger partial charge in [-0.1, -0.05) is 12.1 Å². The molecule has 0 radical (unpaired) electrons. The van der Waals surface area contributed by atoms with Crippen LogP contribution in [0.1, 0.15) is 37.4 Å². The highest BCUT2D eigenvalue weighted by molar-refractivity contribution is 5.74. The highest BCUT2D eigenvalue weighted by Crippen LogP contribution is 2.47. The summed E-state index contributed by atoms with van der Waals surface area (Å²) in [6, 6.07) is 7.79.